The van der Waals surface area contributed by atoms with Gasteiger partial charge in [-0.15, -0.1) is 0 Å². The van der Waals surface area contributed by atoms with Crippen LogP contribution in [0.1, 0.15) is 17.5 Å². The highest BCUT2D eigenvalue weighted by molar-refractivity contribution is 5.74. The molecule has 2 N–H and O–H groups in total. The molecule has 0 radical (unpaired) electrons. The van der Waals surface area contributed by atoms with Gasteiger partial charge in [0.25, 0.3) is 0 Å². The Hall–Kier alpha value is -2.87. The number of methoxy groups -OCH3 is 2. The van der Waals surface area contributed by atoms with Gasteiger partial charge in [0, 0.05) is 43.2 Å². The fourth-order valence-corrected chi connectivity index (χ4v) is 3.87. The molecule has 1 saturated heterocycles. The molecule has 2 aromatic rings. The average molecular weight is 433 g/mol. The predicted molar refractivity (Wildman–Crippen MR) is 114 cm³/mol. The topological polar surface area (TPSA) is 62.8 Å². The van der Waals surface area contributed by atoms with Gasteiger partial charge in [-0.3, -0.25) is 4.39 Å². The Morgan fingerprint density at radius 2 is 1.97 bits per heavy atom. The first-order valence-electron chi connectivity index (χ1n) is 10.3. The second-order valence-corrected chi connectivity index (χ2v) is 7.57. The first kappa shape index (κ1) is 22.8. The maximum absolute atomic E-state index is 13.7. The van der Waals surface area contributed by atoms with Gasteiger partial charge in [0.05, 0.1) is 20.9 Å². The molecule has 1 aliphatic heterocycles. The number of carbonyl (C=O) groups excluding carboxylic acids is 1. The van der Waals surface area contributed by atoms with E-state index in [0.717, 1.165) is 11.1 Å². The van der Waals surface area contributed by atoms with Crippen LogP contribution in [0.25, 0.3) is 0 Å². The minimum Gasteiger partial charge on any atom is -0.497 e. The van der Waals surface area contributed by atoms with E-state index >= 15 is 0 Å². The molecule has 0 aromatic heterocycles. The van der Waals surface area contributed by atoms with Crippen LogP contribution in [0.5, 0.6) is 11.5 Å². The predicted octanol–water partition coefficient (Wildman–Crippen LogP) is 3.50. The highest BCUT2D eigenvalue weighted by Crippen LogP contribution is 2.25. The lowest BCUT2D eigenvalue weighted by molar-refractivity contribution is 0.108. The molecule has 0 unspecified atom stereocenters. The second-order valence-electron chi connectivity index (χ2n) is 7.57. The largest absolute Gasteiger partial charge is 0.497 e. The number of hydrogen-bond donors (Lipinski definition) is 2. The van der Waals surface area contributed by atoms with Gasteiger partial charge in [0.15, 0.2) is 0 Å². The maximum Gasteiger partial charge on any atom is 0.318 e. The Morgan fingerprint density at radius 1 is 1.19 bits per heavy atom. The van der Waals surface area contributed by atoms with E-state index in [1.54, 1.807) is 43.4 Å². The van der Waals surface area contributed by atoms with Crippen LogP contribution < -0.4 is 20.1 Å². The zero-order valence-corrected chi connectivity index (χ0v) is 17.9. The zero-order valence-electron chi connectivity index (χ0n) is 17.9. The number of nitrogens with one attached hydrogen (secondary N) is 2. The quantitative estimate of drug-likeness (QED) is 0.669. The van der Waals surface area contributed by atoms with E-state index in [-0.39, 0.29) is 36.9 Å². The zero-order chi connectivity index (χ0) is 22.2. The van der Waals surface area contributed by atoms with E-state index in [2.05, 4.69) is 10.6 Å². The highest BCUT2D eigenvalue weighted by Gasteiger charge is 2.33. The molecule has 2 amide bonds. The third-order valence-electron chi connectivity index (χ3n) is 5.62. The van der Waals surface area contributed by atoms with Crippen molar-refractivity contribution in [2.24, 2.45) is 5.92 Å². The summed E-state index contributed by atoms with van der Waals surface area (Å²) in [6, 6.07) is 10.8. The summed E-state index contributed by atoms with van der Waals surface area (Å²) in [6.07, 6.45) is 0.648. The summed E-state index contributed by atoms with van der Waals surface area (Å²) in [5, 5.41) is 6.12. The molecule has 0 aliphatic carbocycles. The van der Waals surface area contributed by atoms with Crippen molar-refractivity contribution in [2.75, 3.05) is 34.0 Å². The van der Waals surface area contributed by atoms with Crippen LogP contribution in [0.2, 0.25) is 0 Å². The maximum atomic E-state index is 13.7. The number of carbonyl (C=O) groups is 1. The van der Waals surface area contributed by atoms with Crippen molar-refractivity contribution in [1.82, 2.24) is 15.5 Å². The SMILES string of the molecule is COc1ccc(CNC(=O)N(Cc2ccc(F)cc2)[C@H]2CCNC[C@H]2CF)c(OC)c1. The van der Waals surface area contributed by atoms with Gasteiger partial charge in [0.2, 0.25) is 0 Å². The normalized spacial score (nSPS) is 18.3. The van der Waals surface area contributed by atoms with Crippen LogP contribution >= 0.6 is 0 Å². The number of urea groups is 1. The number of alkyl halides is 1. The third-order valence-corrected chi connectivity index (χ3v) is 5.62. The number of ether oxygens (including phenoxy) is 2. The summed E-state index contributed by atoms with van der Waals surface area (Å²) in [5.41, 5.74) is 1.58. The summed E-state index contributed by atoms with van der Waals surface area (Å²) in [6.45, 7) is 1.22. The number of halogens is 2. The van der Waals surface area contributed by atoms with Crippen molar-refractivity contribution in [3.8, 4) is 11.5 Å². The lowest BCUT2D eigenvalue weighted by Crippen LogP contribution is -2.54. The Kier molecular flexibility index (Phi) is 8.06. The van der Waals surface area contributed by atoms with Crippen LogP contribution in [0.3, 0.4) is 0 Å². The van der Waals surface area contributed by atoms with Crippen molar-refractivity contribution < 1.29 is 23.0 Å². The van der Waals surface area contributed by atoms with Crippen LogP contribution in [-0.2, 0) is 13.1 Å². The van der Waals surface area contributed by atoms with Gasteiger partial charge >= 0.3 is 6.03 Å². The Labute approximate surface area is 181 Å². The van der Waals surface area contributed by atoms with Crippen LogP contribution in [0.4, 0.5) is 13.6 Å². The summed E-state index contributed by atoms with van der Waals surface area (Å²) >= 11 is 0. The van der Waals surface area contributed by atoms with Gasteiger partial charge in [-0.05, 0) is 42.8 Å². The molecule has 1 aliphatic rings. The summed E-state index contributed by atoms with van der Waals surface area (Å²) in [4.78, 5) is 14.9. The standard InChI is InChI=1S/C23H29F2N3O3/c1-30-20-8-5-17(22(11-20)31-2)14-27-23(29)28(15-16-3-6-19(25)7-4-16)21-9-10-26-13-18(21)12-24/h3-8,11,18,21,26H,9-10,12-15H2,1-2H3,(H,27,29)/t18-,21+/m1/s1. The van der Waals surface area contributed by atoms with Gasteiger partial charge in [-0.1, -0.05) is 12.1 Å². The van der Waals surface area contributed by atoms with Gasteiger partial charge < -0.3 is 25.0 Å². The number of hydrogen-bond acceptors (Lipinski definition) is 4. The number of nitrogens with zero attached hydrogens (tertiary/aromatic N) is 1. The minimum absolute atomic E-state index is 0.247. The van der Waals surface area contributed by atoms with Crippen molar-refractivity contribution in [3.63, 3.8) is 0 Å². The molecule has 0 bridgehead atoms. The van der Waals surface area contributed by atoms with Crippen LogP contribution in [-0.4, -0.2) is 51.0 Å². The van der Waals surface area contributed by atoms with E-state index in [4.69, 9.17) is 9.47 Å². The summed E-state index contributed by atoms with van der Waals surface area (Å²) in [5.74, 6) is 0.629. The Balaban J connectivity index is 1.77. The molecular formula is C23H29F2N3O3. The first-order valence-corrected chi connectivity index (χ1v) is 10.3. The smallest absolute Gasteiger partial charge is 0.318 e. The molecule has 2 aromatic carbocycles. The molecule has 8 heteroatoms. The van der Waals surface area contributed by atoms with Crippen molar-refractivity contribution in [3.05, 3.63) is 59.4 Å². The lowest BCUT2D eigenvalue weighted by Gasteiger charge is -2.39. The molecule has 1 heterocycles. The minimum atomic E-state index is -0.517. The molecule has 6 nitrogen and oxygen atoms in total. The van der Waals surface area contributed by atoms with Crippen molar-refractivity contribution >= 4 is 6.03 Å². The second kappa shape index (κ2) is 10.9. The van der Waals surface area contributed by atoms with Crippen molar-refractivity contribution in [1.29, 1.82) is 0 Å². The van der Waals surface area contributed by atoms with Crippen molar-refractivity contribution in [2.45, 2.75) is 25.6 Å². The van der Waals surface area contributed by atoms with E-state index in [1.165, 1.54) is 12.1 Å². The molecule has 2 atom stereocenters. The van der Waals surface area contributed by atoms with Gasteiger partial charge in [-0.2, -0.15) is 0 Å². The number of benzene rings is 2. The molecule has 168 valence electrons. The first-order chi connectivity index (χ1) is 15.0. The van der Waals surface area contributed by atoms with Crippen LogP contribution in [0, 0.1) is 11.7 Å². The average Bonchev–Trinajstić information content (AvgIpc) is 2.82. The van der Waals surface area contributed by atoms with Crippen LogP contribution in [0.15, 0.2) is 42.5 Å². The fourth-order valence-electron chi connectivity index (χ4n) is 3.87. The number of piperidine rings is 1. The molecule has 0 saturated carbocycles. The lowest BCUT2D eigenvalue weighted by atomic mass is 9.92. The third kappa shape index (κ3) is 5.85. The highest BCUT2D eigenvalue weighted by atomic mass is 19.1. The van der Waals surface area contributed by atoms with E-state index < -0.39 is 6.67 Å². The molecule has 0 spiro atoms. The monoisotopic (exact) mass is 433 g/mol. The summed E-state index contributed by atoms with van der Waals surface area (Å²) < 4.78 is 37.6. The number of amides is 2. The van der Waals surface area contributed by atoms with Gasteiger partial charge in [0.1, 0.15) is 17.3 Å². The Morgan fingerprint density at radius 3 is 2.65 bits per heavy atom. The number of rotatable bonds is 8. The molecule has 31 heavy (non-hydrogen) atoms. The summed E-state index contributed by atoms with van der Waals surface area (Å²) in [7, 11) is 3.13. The molecular weight excluding hydrogens is 404 g/mol. The molecule has 1 fully saturated rings. The van der Waals surface area contributed by atoms with Gasteiger partial charge in [-0.25, -0.2) is 9.18 Å². The van der Waals surface area contributed by atoms with E-state index in [0.29, 0.717) is 31.0 Å². The van der Waals surface area contributed by atoms with E-state index in [1.807, 2.05) is 6.07 Å². The Bertz CT molecular complexity index is 864. The molecule has 3 rings (SSSR count). The fraction of sp³-hybridized carbons (Fsp3) is 0.435. The van der Waals surface area contributed by atoms with E-state index in [9.17, 15) is 13.6 Å².